The second-order valence-corrected chi connectivity index (χ2v) is 9.41. The van der Waals surface area contributed by atoms with Crippen molar-refractivity contribution in [2.75, 3.05) is 11.9 Å². The number of anilines is 1. The van der Waals surface area contributed by atoms with Gasteiger partial charge in [-0.05, 0) is 68.1 Å². The summed E-state index contributed by atoms with van der Waals surface area (Å²) in [7, 11) is 0. The predicted molar refractivity (Wildman–Crippen MR) is 136 cm³/mol. The van der Waals surface area contributed by atoms with Crippen molar-refractivity contribution in [1.29, 1.82) is 0 Å². The van der Waals surface area contributed by atoms with E-state index >= 15 is 0 Å². The summed E-state index contributed by atoms with van der Waals surface area (Å²) in [6.45, 7) is 0.477. The summed E-state index contributed by atoms with van der Waals surface area (Å²) < 4.78 is 15.9. The average molecular weight is 483 g/mol. The van der Waals surface area contributed by atoms with Crippen LogP contribution in [-0.2, 0) is 6.42 Å². The molecule has 2 aliphatic rings. The number of carbonyl (C=O) groups is 1. The van der Waals surface area contributed by atoms with Crippen LogP contribution in [0.2, 0.25) is 0 Å². The first-order valence-corrected chi connectivity index (χ1v) is 12.5. The number of fused-ring (bicyclic) bond motifs is 1. The molecule has 182 valence electrons. The Labute approximate surface area is 208 Å². The Morgan fingerprint density at radius 1 is 1.00 bits per heavy atom. The van der Waals surface area contributed by atoms with Crippen LogP contribution in [0.3, 0.4) is 0 Å². The largest absolute Gasteiger partial charge is 0.351 e. The molecule has 0 spiro atoms. The number of hydrogen-bond acceptors (Lipinski definition) is 5. The molecular formula is C28H27FN6O. The minimum absolute atomic E-state index is 0.0300. The van der Waals surface area contributed by atoms with E-state index in [0.717, 1.165) is 54.2 Å². The van der Waals surface area contributed by atoms with Gasteiger partial charge in [-0.1, -0.05) is 18.2 Å². The number of imidazole rings is 1. The van der Waals surface area contributed by atoms with Crippen molar-refractivity contribution in [2.24, 2.45) is 0 Å². The second kappa shape index (κ2) is 9.53. The number of aromatic nitrogens is 4. The van der Waals surface area contributed by atoms with Crippen LogP contribution in [0.4, 0.5) is 10.3 Å². The predicted octanol–water partition coefficient (Wildman–Crippen LogP) is 5.03. The molecule has 7 nitrogen and oxygen atoms in total. The summed E-state index contributed by atoms with van der Waals surface area (Å²) in [6, 6.07) is 17.9. The van der Waals surface area contributed by atoms with Crippen LogP contribution < -0.4 is 10.6 Å². The average Bonchev–Trinajstić information content (AvgIpc) is 3.45. The molecule has 8 heteroatoms. The van der Waals surface area contributed by atoms with Crippen LogP contribution in [0.1, 0.15) is 47.9 Å². The zero-order valence-electron chi connectivity index (χ0n) is 19.8. The van der Waals surface area contributed by atoms with Crippen molar-refractivity contribution in [3.63, 3.8) is 0 Å². The summed E-state index contributed by atoms with van der Waals surface area (Å²) >= 11 is 0. The normalized spacial score (nSPS) is 16.9. The molecule has 0 saturated heterocycles. The summed E-state index contributed by atoms with van der Waals surface area (Å²) in [5, 5.41) is 6.51. The Bertz CT molecular complexity index is 1380. The molecule has 0 unspecified atom stereocenters. The lowest BCUT2D eigenvalue weighted by molar-refractivity contribution is 0.0948. The zero-order valence-corrected chi connectivity index (χ0v) is 19.8. The van der Waals surface area contributed by atoms with Gasteiger partial charge >= 0.3 is 0 Å². The van der Waals surface area contributed by atoms with Gasteiger partial charge in [0.1, 0.15) is 11.6 Å². The van der Waals surface area contributed by atoms with Crippen molar-refractivity contribution in [2.45, 2.75) is 44.2 Å². The van der Waals surface area contributed by atoms with Crippen molar-refractivity contribution in [1.82, 2.24) is 24.8 Å². The summed E-state index contributed by atoms with van der Waals surface area (Å²) in [6.07, 6.45) is 6.89. The van der Waals surface area contributed by atoms with Gasteiger partial charge in [0.25, 0.3) is 5.91 Å². The van der Waals surface area contributed by atoms with Gasteiger partial charge in [-0.15, -0.1) is 0 Å². The first-order valence-electron chi connectivity index (χ1n) is 12.5. The van der Waals surface area contributed by atoms with Gasteiger partial charge in [0.05, 0.1) is 23.1 Å². The van der Waals surface area contributed by atoms with Crippen LogP contribution in [0.15, 0.2) is 66.9 Å². The van der Waals surface area contributed by atoms with Gasteiger partial charge in [-0.2, -0.15) is 0 Å². The Kier molecular flexibility index (Phi) is 5.93. The highest BCUT2D eigenvalue weighted by molar-refractivity contribution is 5.94. The van der Waals surface area contributed by atoms with Crippen molar-refractivity contribution in [3.8, 4) is 22.6 Å². The molecule has 2 N–H and O–H groups in total. The number of halogens is 1. The quantitative estimate of drug-likeness (QED) is 0.386. The Balaban J connectivity index is 1.36. The Morgan fingerprint density at radius 3 is 2.56 bits per heavy atom. The molecule has 6 rings (SSSR count). The van der Waals surface area contributed by atoms with Crippen LogP contribution in [-0.4, -0.2) is 38.0 Å². The van der Waals surface area contributed by atoms with Crippen LogP contribution in [0.5, 0.6) is 0 Å². The van der Waals surface area contributed by atoms with Crippen molar-refractivity contribution >= 4 is 11.9 Å². The number of nitrogens with zero attached hydrogens (tertiary/aromatic N) is 4. The van der Waals surface area contributed by atoms with E-state index in [4.69, 9.17) is 9.97 Å². The first kappa shape index (κ1) is 22.4. The fourth-order valence-corrected chi connectivity index (χ4v) is 4.92. The highest BCUT2D eigenvalue weighted by Gasteiger charge is 2.31. The molecule has 1 aliphatic heterocycles. The molecule has 36 heavy (non-hydrogen) atoms. The molecular weight excluding hydrogens is 455 g/mol. The lowest BCUT2D eigenvalue weighted by Gasteiger charge is -2.26. The van der Waals surface area contributed by atoms with E-state index in [2.05, 4.69) is 20.2 Å². The van der Waals surface area contributed by atoms with Crippen molar-refractivity contribution < 1.29 is 9.18 Å². The number of amides is 1. The fraction of sp³-hybridized carbons (Fsp3) is 0.286. The molecule has 1 amide bonds. The van der Waals surface area contributed by atoms with E-state index in [1.165, 1.54) is 18.6 Å². The zero-order chi connectivity index (χ0) is 24.5. The maximum atomic E-state index is 13.7. The molecule has 3 heterocycles. The maximum absolute atomic E-state index is 13.7. The monoisotopic (exact) mass is 482 g/mol. The van der Waals surface area contributed by atoms with Gasteiger partial charge in [-0.3, -0.25) is 4.79 Å². The molecule has 1 atom stereocenters. The first-order chi connectivity index (χ1) is 17.7. The summed E-state index contributed by atoms with van der Waals surface area (Å²) in [5.41, 5.74) is 3.85. The Morgan fingerprint density at radius 2 is 1.81 bits per heavy atom. The highest BCUT2D eigenvalue weighted by Crippen LogP contribution is 2.39. The number of carbonyl (C=O) groups excluding carboxylic acids is 1. The van der Waals surface area contributed by atoms with E-state index in [1.807, 2.05) is 36.4 Å². The van der Waals surface area contributed by atoms with Gasteiger partial charge in [0, 0.05) is 36.3 Å². The van der Waals surface area contributed by atoms with Crippen molar-refractivity contribution in [3.05, 3.63) is 84.1 Å². The van der Waals surface area contributed by atoms with Crippen LogP contribution >= 0.6 is 0 Å². The molecule has 1 aliphatic carbocycles. The van der Waals surface area contributed by atoms with Gasteiger partial charge in [-0.25, -0.2) is 19.3 Å². The number of rotatable bonds is 7. The third kappa shape index (κ3) is 4.34. The second-order valence-electron chi connectivity index (χ2n) is 9.41. The topological polar surface area (TPSA) is 84.7 Å². The van der Waals surface area contributed by atoms with Crippen LogP contribution in [0, 0.1) is 5.82 Å². The van der Waals surface area contributed by atoms with E-state index in [-0.39, 0.29) is 17.8 Å². The van der Waals surface area contributed by atoms with E-state index in [0.29, 0.717) is 24.1 Å². The Hall–Kier alpha value is -4.07. The van der Waals surface area contributed by atoms with Gasteiger partial charge in [0.2, 0.25) is 5.95 Å². The SMILES string of the molecule is O=C(NC[C@@H]1CCc2nc(-c3ccc(F)cc3)c(-c3ccnc(NC4CCC4)n3)n21)c1ccccc1. The summed E-state index contributed by atoms with van der Waals surface area (Å²) in [4.78, 5) is 27.0. The number of nitrogens with one attached hydrogen (secondary N) is 2. The molecule has 1 fully saturated rings. The lowest BCUT2D eigenvalue weighted by atomic mass is 9.93. The fourth-order valence-electron chi connectivity index (χ4n) is 4.92. The molecule has 2 aromatic heterocycles. The molecule has 1 saturated carbocycles. The number of hydrogen-bond donors (Lipinski definition) is 2. The molecule has 0 bridgehead atoms. The van der Waals surface area contributed by atoms with Gasteiger partial charge in [0.15, 0.2) is 0 Å². The lowest BCUT2D eigenvalue weighted by Crippen LogP contribution is -2.30. The molecule has 4 aromatic rings. The minimum Gasteiger partial charge on any atom is -0.351 e. The number of aryl methyl sites for hydroxylation is 1. The molecule has 0 radical (unpaired) electrons. The third-order valence-electron chi connectivity index (χ3n) is 7.04. The van der Waals surface area contributed by atoms with E-state index in [9.17, 15) is 9.18 Å². The van der Waals surface area contributed by atoms with Gasteiger partial charge < -0.3 is 15.2 Å². The van der Waals surface area contributed by atoms with Crippen LogP contribution in [0.25, 0.3) is 22.6 Å². The third-order valence-corrected chi connectivity index (χ3v) is 7.04. The molecule has 2 aromatic carbocycles. The highest BCUT2D eigenvalue weighted by atomic mass is 19.1. The van der Waals surface area contributed by atoms with E-state index in [1.54, 1.807) is 18.3 Å². The number of benzene rings is 2. The maximum Gasteiger partial charge on any atom is 0.251 e. The van der Waals surface area contributed by atoms with E-state index < -0.39 is 0 Å². The standard InChI is InChI=1S/C28H27FN6O/c29-20-11-9-18(10-12-20)25-26(23-15-16-30-28(33-23)32-21-7-4-8-21)35-22(13-14-24(35)34-25)17-31-27(36)19-5-2-1-3-6-19/h1-3,5-6,9-12,15-16,21-22H,4,7-8,13-14,17H2,(H,31,36)(H,30,32,33)/t22-/m0/s1. The minimum atomic E-state index is -0.289. The smallest absolute Gasteiger partial charge is 0.251 e. The summed E-state index contributed by atoms with van der Waals surface area (Å²) in [5.74, 6) is 1.15.